The first-order valence-electron chi connectivity index (χ1n) is 6.38. The second-order valence-corrected chi connectivity index (χ2v) is 5.41. The summed E-state index contributed by atoms with van der Waals surface area (Å²) < 4.78 is 9.64. The Hall–Kier alpha value is -1.77. The highest BCUT2D eigenvalue weighted by Gasteiger charge is 2.19. The summed E-state index contributed by atoms with van der Waals surface area (Å²) in [5.74, 6) is 0.0796. The van der Waals surface area contributed by atoms with Crippen molar-refractivity contribution in [2.45, 2.75) is 13.5 Å². The predicted molar refractivity (Wildman–Crippen MR) is 79.9 cm³/mol. The van der Waals surface area contributed by atoms with E-state index in [0.29, 0.717) is 46.2 Å². The van der Waals surface area contributed by atoms with Crippen LogP contribution in [0, 0.1) is 6.92 Å². The molecule has 0 aliphatic rings. The molecule has 0 saturated heterocycles. The van der Waals surface area contributed by atoms with Gasteiger partial charge in [0.1, 0.15) is 15.5 Å². The largest absolute Gasteiger partial charge is 0.465 e. The lowest BCUT2D eigenvalue weighted by Crippen LogP contribution is -2.22. The number of nitrogens with zero attached hydrogens (tertiary/aromatic N) is 1. The van der Waals surface area contributed by atoms with Crippen molar-refractivity contribution >= 4 is 27.5 Å². The van der Waals surface area contributed by atoms with Crippen LogP contribution in [0.25, 0.3) is 10.2 Å². The SMILES string of the molecule is COCCNCc1nc2sc(C(=O)OC)c(C)c2c(=O)[nH]1. The molecule has 2 aromatic heterocycles. The fourth-order valence-corrected chi connectivity index (χ4v) is 3.06. The average molecular weight is 311 g/mol. The van der Waals surface area contributed by atoms with Gasteiger partial charge in [-0.15, -0.1) is 11.3 Å². The zero-order valence-electron chi connectivity index (χ0n) is 12.1. The third-order valence-electron chi connectivity index (χ3n) is 3.00. The van der Waals surface area contributed by atoms with Crippen molar-refractivity contribution < 1.29 is 14.3 Å². The molecule has 0 spiro atoms. The number of esters is 1. The number of nitrogens with one attached hydrogen (secondary N) is 2. The molecule has 2 rings (SSSR count). The molecule has 7 nitrogen and oxygen atoms in total. The number of H-pyrrole nitrogens is 1. The highest BCUT2D eigenvalue weighted by molar-refractivity contribution is 7.20. The molecule has 0 saturated carbocycles. The minimum Gasteiger partial charge on any atom is -0.465 e. The minimum atomic E-state index is -0.449. The molecule has 0 atom stereocenters. The van der Waals surface area contributed by atoms with E-state index in [2.05, 4.69) is 15.3 Å². The summed E-state index contributed by atoms with van der Waals surface area (Å²) in [4.78, 5) is 31.9. The van der Waals surface area contributed by atoms with Crippen LogP contribution in [0.2, 0.25) is 0 Å². The van der Waals surface area contributed by atoms with E-state index in [1.54, 1.807) is 14.0 Å². The van der Waals surface area contributed by atoms with Crippen LogP contribution in [0.4, 0.5) is 0 Å². The molecule has 2 aromatic rings. The Morgan fingerprint density at radius 3 is 2.86 bits per heavy atom. The van der Waals surface area contributed by atoms with Crippen molar-refractivity contribution in [1.82, 2.24) is 15.3 Å². The van der Waals surface area contributed by atoms with Gasteiger partial charge in [-0.2, -0.15) is 0 Å². The van der Waals surface area contributed by atoms with Gasteiger partial charge in [-0.1, -0.05) is 0 Å². The lowest BCUT2D eigenvalue weighted by atomic mass is 10.2. The number of thiophene rings is 1. The average Bonchev–Trinajstić information content (AvgIpc) is 2.80. The van der Waals surface area contributed by atoms with Gasteiger partial charge in [-0.3, -0.25) is 4.79 Å². The number of carbonyl (C=O) groups is 1. The van der Waals surface area contributed by atoms with Crippen molar-refractivity contribution in [3.63, 3.8) is 0 Å². The maximum absolute atomic E-state index is 12.1. The van der Waals surface area contributed by atoms with Crippen LogP contribution in [0.15, 0.2) is 4.79 Å². The number of rotatable bonds is 6. The summed E-state index contributed by atoms with van der Waals surface area (Å²) in [6, 6.07) is 0. The van der Waals surface area contributed by atoms with Gasteiger partial charge >= 0.3 is 5.97 Å². The molecule has 0 fully saturated rings. The van der Waals surface area contributed by atoms with E-state index in [1.807, 2.05) is 0 Å². The first kappa shape index (κ1) is 15.6. The lowest BCUT2D eigenvalue weighted by Gasteiger charge is -2.03. The van der Waals surface area contributed by atoms with Crippen LogP contribution in [0.3, 0.4) is 0 Å². The van der Waals surface area contributed by atoms with Crippen LogP contribution in [-0.4, -0.2) is 43.3 Å². The summed E-state index contributed by atoms with van der Waals surface area (Å²) >= 11 is 1.17. The number of methoxy groups -OCH3 is 2. The fraction of sp³-hybridized carbons (Fsp3) is 0.462. The van der Waals surface area contributed by atoms with E-state index in [0.717, 1.165) is 0 Å². The van der Waals surface area contributed by atoms with Gasteiger partial charge in [-0.25, -0.2) is 9.78 Å². The summed E-state index contributed by atoms with van der Waals surface area (Å²) in [5, 5.41) is 3.55. The number of aryl methyl sites for hydroxylation is 1. The van der Waals surface area contributed by atoms with Crippen molar-refractivity contribution in [2.24, 2.45) is 0 Å². The Balaban J connectivity index is 2.33. The van der Waals surface area contributed by atoms with Gasteiger partial charge in [0.2, 0.25) is 0 Å². The monoisotopic (exact) mass is 311 g/mol. The van der Waals surface area contributed by atoms with Crippen LogP contribution in [-0.2, 0) is 16.0 Å². The van der Waals surface area contributed by atoms with Crippen LogP contribution in [0.5, 0.6) is 0 Å². The number of aromatic amines is 1. The van der Waals surface area contributed by atoms with Crippen molar-refractivity contribution in [1.29, 1.82) is 0 Å². The van der Waals surface area contributed by atoms with E-state index < -0.39 is 5.97 Å². The first-order chi connectivity index (χ1) is 10.1. The quantitative estimate of drug-likeness (QED) is 0.606. The number of carbonyl (C=O) groups excluding carboxylic acids is 1. The number of hydrogen-bond acceptors (Lipinski definition) is 7. The molecule has 0 bridgehead atoms. The molecule has 2 heterocycles. The zero-order valence-corrected chi connectivity index (χ0v) is 12.9. The normalized spacial score (nSPS) is 11.0. The Labute approximate surface area is 125 Å². The van der Waals surface area contributed by atoms with Crippen molar-refractivity contribution in [3.8, 4) is 0 Å². The Bertz CT molecular complexity index is 707. The molecule has 114 valence electrons. The Kier molecular flexibility index (Phi) is 5.05. The standard InChI is InChI=1S/C13H17N3O4S/c1-7-9-11(17)15-8(6-14-4-5-19-2)16-12(9)21-10(7)13(18)20-3/h14H,4-6H2,1-3H3,(H,15,16,17). The van der Waals surface area contributed by atoms with E-state index in [1.165, 1.54) is 18.4 Å². The molecule has 21 heavy (non-hydrogen) atoms. The smallest absolute Gasteiger partial charge is 0.348 e. The van der Waals surface area contributed by atoms with Gasteiger partial charge in [0.25, 0.3) is 5.56 Å². The van der Waals surface area contributed by atoms with Gasteiger partial charge < -0.3 is 19.8 Å². The second-order valence-electron chi connectivity index (χ2n) is 4.41. The molecule has 0 aromatic carbocycles. The topological polar surface area (TPSA) is 93.3 Å². The maximum atomic E-state index is 12.1. The maximum Gasteiger partial charge on any atom is 0.348 e. The number of hydrogen-bond donors (Lipinski definition) is 2. The summed E-state index contributed by atoms with van der Waals surface area (Å²) in [6.07, 6.45) is 0. The van der Waals surface area contributed by atoms with Crippen LogP contribution in [0.1, 0.15) is 21.1 Å². The van der Waals surface area contributed by atoms with E-state index >= 15 is 0 Å². The van der Waals surface area contributed by atoms with Gasteiger partial charge in [0, 0.05) is 13.7 Å². The molecule has 0 aliphatic heterocycles. The highest BCUT2D eigenvalue weighted by Crippen LogP contribution is 2.27. The van der Waals surface area contributed by atoms with Crippen LogP contribution >= 0.6 is 11.3 Å². The van der Waals surface area contributed by atoms with E-state index in [4.69, 9.17) is 9.47 Å². The van der Waals surface area contributed by atoms with E-state index in [-0.39, 0.29) is 5.56 Å². The fourth-order valence-electron chi connectivity index (χ4n) is 1.94. The van der Waals surface area contributed by atoms with Crippen molar-refractivity contribution in [2.75, 3.05) is 27.4 Å². The minimum absolute atomic E-state index is 0.243. The number of fused-ring (bicyclic) bond motifs is 1. The van der Waals surface area contributed by atoms with Crippen molar-refractivity contribution in [3.05, 3.63) is 26.6 Å². The predicted octanol–water partition coefficient (Wildman–Crippen LogP) is 0.816. The van der Waals surface area contributed by atoms with Gasteiger partial charge in [0.05, 0.1) is 25.6 Å². The summed E-state index contributed by atoms with van der Waals surface area (Å²) in [7, 11) is 2.94. The van der Waals surface area contributed by atoms with Gasteiger partial charge in [-0.05, 0) is 12.5 Å². The molecule has 0 amide bonds. The molecule has 0 aliphatic carbocycles. The summed E-state index contributed by atoms with van der Waals surface area (Å²) in [5.41, 5.74) is 0.363. The van der Waals surface area contributed by atoms with Gasteiger partial charge in [0.15, 0.2) is 0 Å². The second kappa shape index (κ2) is 6.79. The van der Waals surface area contributed by atoms with E-state index in [9.17, 15) is 9.59 Å². The summed E-state index contributed by atoms with van der Waals surface area (Å²) in [6.45, 7) is 3.39. The Morgan fingerprint density at radius 2 is 2.19 bits per heavy atom. The number of aromatic nitrogens is 2. The third kappa shape index (κ3) is 3.29. The first-order valence-corrected chi connectivity index (χ1v) is 7.20. The third-order valence-corrected chi connectivity index (χ3v) is 4.16. The molecule has 2 N–H and O–H groups in total. The highest BCUT2D eigenvalue weighted by atomic mass is 32.1. The Morgan fingerprint density at radius 1 is 1.43 bits per heavy atom. The molecular formula is C13H17N3O4S. The molecule has 8 heteroatoms. The molecule has 0 unspecified atom stereocenters. The molecule has 0 radical (unpaired) electrons. The zero-order chi connectivity index (χ0) is 15.4. The molecular weight excluding hydrogens is 294 g/mol. The lowest BCUT2D eigenvalue weighted by molar-refractivity contribution is 0.0605. The number of ether oxygens (including phenoxy) is 2. The van der Waals surface area contributed by atoms with Crippen LogP contribution < -0.4 is 10.9 Å².